The zero-order chi connectivity index (χ0) is 23.3. The molecular formula is C21H26N6O3S2. The molecular weight excluding hydrogens is 448 g/mol. The topological polar surface area (TPSA) is 110 Å². The van der Waals surface area contributed by atoms with Crippen molar-refractivity contribution < 1.29 is 13.2 Å². The number of benzene rings is 2. The molecule has 0 aliphatic carbocycles. The van der Waals surface area contributed by atoms with E-state index in [4.69, 9.17) is 0 Å². The van der Waals surface area contributed by atoms with Crippen molar-refractivity contribution in [3.63, 3.8) is 0 Å². The molecule has 0 saturated carbocycles. The molecule has 3 rings (SSSR count). The van der Waals surface area contributed by atoms with E-state index in [1.54, 1.807) is 44.5 Å². The second kappa shape index (κ2) is 10.2. The van der Waals surface area contributed by atoms with Gasteiger partial charge in [-0.05, 0) is 54.1 Å². The molecule has 2 aromatic carbocycles. The summed E-state index contributed by atoms with van der Waals surface area (Å²) in [7, 11) is -3.64. The number of rotatable bonds is 9. The van der Waals surface area contributed by atoms with Crippen molar-refractivity contribution in [3.05, 3.63) is 54.1 Å². The molecule has 1 aromatic heterocycles. The Labute approximate surface area is 192 Å². The summed E-state index contributed by atoms with van der Waals surface area (Å²) in [6.45, 7) is 7.82. The lowest BCUT2D eigenvalue weighted by Crippen LogP contribution is -2.31. The first kappa shape index (κ1) is 23.9. The third kappa shape index (κ3) is 5.17. The Hall–Kier alpha value is -2.76. The van der Waals surface area contributed by atoms with E-state index < -0.39 is 15.3 Å². The fourth-order valence-corrected chi connectivity index (χ4v) is 5.61. The van der Waals surface area contributed by atoms with Crippen LogP contribution in [-0.2, 0) is 14.8 Å². The first-order chi connectivity index (χ1) is 15.3. The zero-order valence-electron chi connectivity index (χ0n) is 18.4. The highest BCUT2D eigenvalue weighted by Gasteiger charge is 2.25. The van der Waals surface area contributed by atoms with Gasteiger partial charge in [-0.3, -0.25) is 4.79 Å². The second-order valence-corrected chi connectivity index (χ2v) is 10.2. The van der Waals surface area contributed by atoms with Crippen LogP contribution in [0.1, 0.15) is 26.3 Å². The van der Waals surface area contributed by atoms with Crippen molar-refractivity contribution >= 4 is 33.4 Å². The van der Waals surface area contributed by atoms with Crippen LogP contribution in [0.5, 0.6) is 0 Å². The van der Waals surface area contributed by atoms with Crippen molar-refractivity contribution in [2.24, 2.45) is 0 Å². The molecule has 1 heterocycles. The molecule has 9 nitrogen and oxygen atoms in total. The summed E-state index contributed by atoms with van der Waals surface area (Å²) in [5, 5.41) is 14.5. The number of aromatic nitrogens is 4. The molecule has 0 fully saturated rings. The van der Waals surface area contributed by atoms with E-state index in [2.05, 4.69) is 20.8 Å². The van der Waals surface area contributed by atoms with Gasteiger partial charge in [-0.2, -0.15) is 8.99 Å². The number of sulfonamides is 1. The van der Waals surface area contributed by atoms with Gasteiger partial charge >= 0.3 is 0 Å². The van der Waals surface area contributed by atoms with Crippen molar-refractivity contribution in [1.29, 1.82) is 0 Å². The third-order valence-electron chi connectivity index (χ3n) is 4.87. The van der Waals surface area contributed by atoms with Crippen LogP contribution in [0.4, 0.5) is 5.69 Å². The van der Waals surface area contributed by atoms with E-state index in [0.29, 0.717) is 29.5 Å². The molecule has 3 aromatic rings. The lowest BCUT2D eigenvalue weighted by atomic mass is 10.2. The molecule has 0 saturated heterocycles. The number of nitrogens with one attached hydrogen (secondary N) is 1. The molecule has 0 radical (unpaired) electrons. The summed E-state index contributed by atoms with van der Waals surface area (Å²) < 4.78 is 28.9. The second-order valence-electron chi connectivity index (χ2n) is 7.03. The van der Waals surface area contributed by atoms with Crippen LogP contribution in [0.25, 0.3) is 5.69 Å². The summed E-state index contributed by atoms with van der Waals surface area (Å²) in [6, 6.07) is 14.3. The minimum atomic E-state index is -3.64. The van der Waals surface area contributed by atoms with Gasteiger partial charge in [0.2, 0.25) is 21.1 Å². The zero-order valence-corrected chi connectivity index (χ0v) is 20.0. The van der Waals surface area contributed by atoms with E-state index >= 15 is 0 Å². The molecule has 0 aliphatic heterocycles. The molecule has 0 aliphatic rings. The smallest absolute Gasteiger partial charge is 0.243 e. The largest absolute Gasteiger partial charge is 0.325 e. The van der Waals surface area contributed by atoms with Gasteiger partial charge in [-0.15, -0.1) is 5.10 Å². The third-order valence-corrected chi connectivity index (χ3v) is 8.10. The number of aryl methyl sites for hydroxylation is 1. The molecule has 11 heteroatoms. The number of tetrazole rings is 1. The Kier molecular flexibility index (Phi) is 7.64. The highest BCUT2D eigenvalue weighted by molar-refractivity contribution is 8.00. The molecule has 1 amide bonds. The maximum Gasteiger partial charge on any atom is 0.243 e. The van der Waals surface area contributed by atoms with Crippen molar-refractivity contribution in [1.82, 2.24) is 24.5 Å². The van der Waals surface area contributed by atoms with Crippen LogP contribution in [0.15, 0.2) is 58.6 Å². The number of carbonyl (C=O) groups is 1. The minimum Gasteiger partial charge on any atom is -0.325 e. The Morgan fingerprint density at radius 3 is 2.50 bits per heavy atom. The fourth-order valence-electron chi connectivity index (χ4n) is 3.10. The summed E-state index contributed by atoms with van der Waals surface area (Å²) in [6.07, 6.45) is 0. The molecule has 1 N–H and O–H groups in total. The minimum absolute atomic E-state index is 0.187. The molecule has 0 spiro atoms. The van der Waals surface area contributed by atoms with Gasteiger partial charge in [0.25, 0.3) is 0 Å². The average molecular weight is 475 g/mol. The number of thioether (sulfide) groups is 1. The number of carbonyl (C=O) groups excluding carboxylic acids is 1. The van der Waals surface area contributed by atoms with E-state index in [0.717, 1.165) is 5.69 Å². The Morgan fingerprint density at radius 2 is 1.84 bits per heavy atom. The van der Waals surface area contributed by atoms with Gasteiger partial charge < -0.3 is 5.32 Å². The molecule has 170 valence electrons. The highest BCUT2D eigenvalue weighted by Crippen LogP contribution is 2.26. The quantitative estimate of drug-likeness (QED) is 0.475. The lowest BCUT2D eigenvalue weighted by Gasteiger charge is -2.20. The monoisotopic (exact) mass is 474 g/mol. The predicted octanol–water partition coefficient (Wildman–Crippen LogP) is 3.12. The van der Waals surface area contributed by atoms with Gasteiger partial charge in [0, 0.05) is 18.8 Å². The van der Waals surface area contributed by atoms with Crippen LogP contribution in [0.2, 0.25) is 0 Å². The number of anilines is 1. The van der Waals surface area contributed by atoms with Gasteiger partial charge in [0.15, 0.2) is 0 Å². The SMILES string of the molecule is CCN(CC)S(=O)(=O)c1cc(NC(=O)C(C)Sc2nnnn2-c2ccccc2)ccc1C. The van der Waals surface area contributed by atoms with Crippen LogP contribution in [-0.4, -0.2) is 57.2 Å². The van der Waals surface area contributed by atoms with Crippen molar-refractivity contribution in [3.8, 4) is 5.69 Å². The number of amides is 1. The Morgan fingerprint density at radius 1 is 1.16 bits per heavy atom. The van der Waals surface area contributed by atoms with Crippen LogP contribution >= 0.6 is 11.8 Å². The first-order valence-electron chi connectivity index (χ1n) is 10.2. The number of hydrogen-bond donors (Lipinski definition) is 1. The maximum absolute atomic E-state index is 13.0. The van der Waals surface area contributed by atoms with Gasteiger partial charge in [0.1, 0.15) is 0 Å². The first-order valence-corrected chi connectivity index (χ1v) is 12.5. The Bertz CT molecular complexity index is 1180. The fraction of sp³-hybridized carbons (Fsp3) is 0.333. The predicted molar refractivity (Wildman–Crippen MR) is 124 cm³/mol. The molecule has 32 heavy (non-hydrogen) atoms. The van der Waals surface area contributed by atoms with Crippen LogP contribution in [0.3, 0.4) is 0 Å². The average Bonchev–Trinajstić information content (AvgIpc) is 3.24. The number of para-hydroxylation sites is 1. The molecule has 1 atom stereocenters. The normalized spacial score (nSPS) is 12.7. The van der Waals surface area contributed by atoms with Crippen molar-refractivity contribution in [2.75, 3.05) is 18.4 Å². The summed E-state index contributed by atoms with van der Waals surface area (Å²) in [5.41, 5.74) is 1.83. The van der Waals surface area contributed by atoms with E-state index in [9.17, 15) is 13.2 Å². The van der Waals surface area contributed by atoms with Gasteiger partial charge in [0.05, 0.1) is 15.8 Å². The standard InChI is InChI=1S/C21H26N6O3S2/c1-5-26(6-2)32(29,30)19-14-17(13-12-15(19)3)22-20(28)16(4)31-21-23-24-25-27(21)18-10-8-7-9-11-18/h7-14,16H,5-6H2,1-4H3,(H,22,28). The van der Waals surface area contributed by atoms with E-state index in [-0.39, 0.29) is 10.8 Å². The van der Waals surface area contributed by atoms with Crippen LogP contribution in [0, 0.1) is 6.92 Å². The molecule has 0 bridgehead atoms. The number of hydrogen-bond acceptors (Lipinski definition) is 7. The number of nitrogens with zero attached hydrogens (tertiary/aromatic N) is 5. The van der Waals surface area contributed by atoms with E-state index in [1.807, 2.05) is 30.3 Å². The molecule has 1 unspecified atom stereocenters. The summed E-state index contributed by atoms with van der Waals surface area (Å²) >= 11 is 1.21. The van der Waals surface area contributed by atoms with Gasteiger partial charge in [-0.25, -0.2) is 8.42 Å². The maximum atomic E-state index is 13.0. The lowest BCUT2D eigenvalue weighted by molar-refractivity contribution is -0.115. The van der Waals surface area contributed by atoms with Gasteiger partial charge in [-0.1, -0.05) is 49.9 Å². The summed E-state index contributed by atoms with van der Waals surface area (Å²) in [5.74, 6) is -0.285. The van der Waals surface area contributed by atoms with Crippen LogP contribution < -0.4 is 5.32 Å². The Balaban J connectivity index is 1.76. The summed E-state index contributed by atoms with van der Waals surface area (Å²) in [4.78, 5) is 13.0. The van der Waals surface area contributed by atoms with E-state index in [1.165, 1.54) is 22.1 Å². The highest BCUT2D eigenvalue weighted by atomic mass is 32.2. The van der Waals surface area contributed by atoms with Crippen molar-refractivity contribution in [2.45, 2.75) is 43.0 Å².